The smallest absolute Gasteiger partial charge is 0.0692 e. The first-order valence-electron chi connectivity index (χ1n) is 5.68. The van der Waals surface area contributed by atoms with E-state index in [0.717, 1.165) is 17.7 Å². The molecule has 1 aromatic carbocycles. The van der Waals surface area contributed by atoms with Crippen LogP contribution in [-0.2, 0) is 37.5 Å². The Kier molecular flexibility index (Phi) is 13.3. The summed E-state index contributed by atoms with van der Waals surface area (Å²) in [6.45, 7) is 8.14. The predicted molar refractivity (Wildman–Crippen MR) is 71.2 cm³/mol. The van der Waals surface area contributed by atoms with Gasteiger partial charge in [-0.05, 0) is 24.5 Å². The normalized spacial score (nSPS) is 8.94. The molecule has 3 heteroatoms. The van der Waals surface area contributed by atoms with Gasteiger partial charge in [0.15, 0.2) is 0 Å². The number of hydrogen-bond acceptors (Lipinski definition) is 1. The summed E-state index contributed by atoms with van der Waals surface area (Å²) in [6.07, 6.45) is 6.83. The molecule has 1 N–H and O–H groups in total. The van der Waals surface area contributed by atoms with Gasteiger partial charge >= 0.3 is 0 Å². The van der Waals surface area contributed by atoms with Crippen molar-refractivity contribution in [1.82, 2.24) is 0 Å². The van der Waals surface area contributed by atoms with Gasteiger partial charge in [0.25, 0.3) is 0 Å². The van der Waals surface area contributed by atoms with Gasteiger partial charge in [-0.1, -0.05) is 39.0 Å². The number of benzene rings is 1. The van der Waals surface area contributed by atoms with Crippen molar-refractivity contribution in [3.63, 3.8) is 0 Å². The fourth-order valence-electron chi connectivity index (χ4n) is 1.20. The first-order chi connectivity index (χ1) is 7.77. The maximum absolute atomic E-state index is 10.1. The van der Waals surface area contributed by atoms with Crippen LogP contribution in [-0.4, -0.2) is 6.41 Å². The van der Waals surface area contributed by atoms with Crippen molar-refractivity contribution in [2.24, 2.45) is 0 Å². The molecule has 2 nitrogen and oxygen atoms in total. The Hall–Kier alpha value is -0.466. The monoisotopic (exact) mass is 307 g/mol. The number of anilines is 1. The third kappa shape index (κ3) is 7.46. The van der Waals surface area contributed by atoms with E-state index in [0.29, 0.717) is 0 Å². The van der Waals surface area contributed by atoms with Crippen LogP contribution in [0.25, 0.3) is 6.08 Å². The molecule has 91 valence electrons. The number of hydrogen-bond donors (Lipinski definition) is 1. The quantitative estimate of drug-likeness (QED) is 0.663. The zero-order valence-electron chi connectivity index (χ0n) is 11.1. The van der Waals surface area contributed by atoms with E-state index in [1.165, 1.54) is 5.56 Å². The van der Waals surface area contributed by atoms with Gasteiger partial charge < -0.3 is 10.1 Å². The van der Waals surface area contributed by atoms with Crippen molar-refractivity contribution in [2.75, 3.05) is 5.32 Å². The molecule has 0 aromatic heterocycles. The van der Waals surface area contributed by atoms with Gasteiger partial charge in [0, 0.05) is 32.7 Å². The Morgan fingerprint density at radius 2 is 2.00 bits per heavy atom. The predicted octanol–water partition coefficient (Wildman–Crippen LogP) is 3.92. The van der Waals surface area contributed by atoms with Gasteiger partial charge in [0.2, 0.25) is 0 Å². The second-order valence-corrected chi connectivity index (χ2v) is 3.11. The fraction of sp³-hybridized carbons (Fsp3) is 0.357. The molecular formula is C14H20NOY-. The third-order valence-corrected chi connectivity index (χ3v) is 2.01. The maximum atomic E-state index is 10.1. The Morgan fingerprint density at radius 1 is 1.35 bits per heavy atom. The van der Waals surface area contributed by atoms with Crippen molar-refractivity contribution in [3.05, 3.63) is 35.4 Å². The minimum Gasteiger partial charge on any atom is -0.490 e. The Morgan fingerprint density at radius 3 is 2.53 bits per heavy atom. The topological polar surface area (TPSA) is 29.1 Å². The summed E-state index contributed by atoms with van der Waals surface area (Å²) < 4.78 is 0. The second kappa shape index (κ2) is 12.0. The molecule has 0 bridgehead atoms. The molecule has 0 saturated heterocycles. The molecule has 0 saturated carbocycles. The van der Waals surface area contributed by atoms with Crippen molar-refractivity contribution < 1.29 is 37.5 Å². The third-order valence-electron chi connectivity index (χ3n) is 2.01. The minimum atomic E-state index is 0. The molecule has 0 aliphatic carbocycles. The van der Waals surface area contributed by atoms with Gasteiger partial charge in [-0.3, -0.25) is 0 Å². The summed E-state index contributed by atoms with van der Waals surface area (Å²) in [5.41, 5.74) is 3.11. The van der Waals surface area contributed by atoms with Crippen molar-refractivity contribution in [3.8, 4) is 0 Å². The van der Waals surface area contributed by atoms with Crippen LogP contribution < -0.4 is 5.32 Å². The molecule has 0 aliphatic rings. The van der Waals surface area contributed by atoms with Crippen LogP contribution in [0.2, 0.25) is 0 Å². The molecule has 1 radical (unpaired) electrons. The van der Waals surface area contributed by atoms with E-state index in [1.54, 1.807) is 6.41 Å². The van der Waals surface area contributed by atoms with Crippen LogP contribution in [0, 0.1) is 6.92 Å². The van der Waals surface area contributed by atoms with Crippen LogP contribution >= 0.6 is 0 Å². The zero-order chi connectivity index (χ0) is 12.4. The van der Waals surface area contributed by atoms with Crippen LogP contribution in [0.3, 0.4) is 0 Å². The SMILES string of the molecule is CC.CC/C=C\c1cc(N[C-]=O)ccc1C.[Y]. The summed E-state index contributed by atoms with van der Waals surface area (Å²) in [4.78, 5) is 10.1. The van der Waals surface area contributed by atoms with E-state index < -0.39 is 0 Å². The molecule has 0 aliphatic heterocycles. The molecule has 17 heavy (non-hydrogen) atoms. The van der Waals surface area contributed by atoms with Crippen molar-refractivity contribution in [1.29, 1.82) is 0 Å². The first-order valence-corrected chi connectivity index (χ1v) is 5.68. The van der Waals surface area contributed by atoms with Crippen molar-refractivity contribution in [2.45, 2.75) is 34.1 Å². The number of carbonyl (C=O) groups excluding carboxylic acids is 1. The van der Waals surface area contributed by atoms with Gasteiger partial charge in [-0.2, -0.15) is 0 Å². The first kappa shape index (κ1) is 18.9. The van der Waals surface area contributed by atoms with E-state index in [-0.39, 0.29) is 32.7 Å². The Balaban J connectivity index is 0. The van der Waals surface area contributed by atoms with Crippen LogP contribution in [0.4, 0.5) is 5.69 Å². The average molecular weight is 307 g/mol. The van der Waals surface area contributed by atoms with E-state index in [2.05, 4.69) is 24.4 Å². The summed E-state index contributed by atoms with van der Waals surface area (Å²) in [5.74, 6) is 0. The fourth-order valence-corrected chi connectivity index (χ4v) is 1.20. The molecule has 0 heterocycles. The molecule has 1 aromatic rings. The zero-order valence-corrected chi connectivity index (χ0v) is 13.9. The van der Waals surface area contributed by atoms with Gasteiger partial charge in [0.1, 0.15) is 0 Å². The van der Waals surface area contributed by atoms with Gasteiger partial charge in [0.05, 0.1) is 6.41 Å². The molecule has 1 rings (SSSR count). The van der Waals surface area contributed by atoms with E-state index in [9.17, 15) is 4.79 Å². The second-order valence-electron chi connectivity index (χ2n) is 3.11. The number of aryl methyl sites for hydroxylation is 1. The maximum Gasteiger partial charge on any atom is 0.0692 e. The van der Waals surface area contributed by atoms with Crippen LogP contribution in [0.15, 0.2) is 24.3 Å². The number of nitrogens with one attached hydrogen (secondary N) is 1. The van der Waals surface area contributed by atoms with E-state index >= 15 is 0 Å². The largest absolute Gasteiger partial charge is 0.490 e. The molecule has 1 amide bonds. The molecular weight excluding hydrogens is 287 g/mol. The number of amides is 1. The summed E-state index contributed by atoms with van der Waals surface area (Å²) in [7, 11) is 0. The Labute approximate surface area is 130 Å². The summed E-state index contributed by atoms with van der Waals surface area (Å²) in [5, 5.41) is 2.51. The summed E-state index contributed by atoms with van der Waals surface area (Å²) >= 11 is 0. The molecule has 0 unspecified atom stereocenters. The standard InChI is InChI=1S/C12H14NO.C2H6.Y/c1-3-4-5-11-8-12(13-9-14)7-6-10(11)2;1-2;/h4-8H,3H2,1-2H3,(H,13,14);1-2H3;/q-1;;/b5-4-;;. The molecule has 0 spiro atoms. The molecule has 0 atom stereocenters. The molecule has 0 fully saturated rings. The van der Waals surface area contributed by atoms with Gasteiger partial charge in [-0.25, -0.2) is 0 Å². The number of allylic oxidation sites excluding steroid dienone is 1. The number of rotatable bonds is 4. The summed E-state index contributed by atoms with van der Waals surface area (Å²) in [6, 6.07) is 5.78. The Bertz CT molecular complexity index is 348. The van der Waals surface area contributed by atoms with Crippen LogP contribution in [0.1, 0.15) is 38.3 Å². The van der Waals surface area contributed by atoms with Crippen molar-refractivity contribution >= 4 is 18.2 Å². The minimum absolute atomic E-state index is 0. The van der Waals surface area contributed by atoms with E-state index in [1.807, 2.05) is 39.0 Å². The average Bonchev–Trinajstić information content (AvgIpc) is 2.33. The van der Waals surface area contributed by atoms with E-state index in [4.69, 9.17) is 0 Å². The van der Waals surface area contributed by atoms with Crippen LogP contribution in [0.5, 0.6) is 0 Å². The van der Waals surface area contributed by atoms with Gasteiger partial charge in [-0.15, -0.1) is 17.8 Å².